The molecule has 1 saturated carbocycles. The predicted molar refractivity (Wildman–Crippen MR) is 74.7 cm³/mol. The van der Waals surface area contributed by atoms with Gasteiger partial charge in [-0.25, -0.2) is 0 Å². The van der Waals surface area contributed by atoms with Gasteiger partial charge in [0.1, 0.15) is 17.6 Å². The van der Waals surface area contributed by atoms with Gasteiger partial charge >= 0.3 is 0 Å². The second-order valence-corrected chi connectivity index (χ2v) is 5.45. The summed E-state index contributed by atoms with van der Waals surface area (Å²) in [4.78, 5) is 0. The van der Waals surface area contributed by atoms with Crippen molar-refractivity contribution in [2.24, 2.45) is 5.41 Å². The van der Waals surface area contributed by atoms with Gasteiger partial charge in [-0.1, -0.05) is 13.8 Å². The number of benzene rings is 1. The van der Waals surface area contributed by atoms with Crippen LogP contribution in [-0.2, 0) is 0 Å². The van der Waals surface area contributed by atoms with Crippen molar-refractivity contribution < 1.29 is 9.47 Å². The van der Waals surface area contributed by atoms with Crippen LogP contribution in [0.2, 0.25) is 0 Å². The maximum absolute atomic E-state index is 6.38. The van der Waals surface area contributed by atoms with Crippen molar-refractivity contribution in [3.63, 3.8) is 0 Å². The third kappa shape index (κ3) is 2.18. The molecule has 0 bridgehead atoms. The van der Waals surface area contributed by atoms with Crippen molar-refractivity contribution in [1.29, 1.82) is 0 Å². The molecule has 0 aliphatic heterocycles. The highest BCUT2D eigenvalue weighted by Crippen LogP contribution is 2.51. The van der Waals surface area contributed by atoms with Gasteiger partial charge in [0.25, 0.3) is 0 Å². The van der Waals surface area contributed by atoms with E-state index in [-0.39, 0.29) is 16.9 Å². The number of methoxy groups -OCH3 is 1. The van der Waals surface area contributed by atoms with Crippen molar-refractivity contribution in [1.82, 2.24) is 0 Å². The van der Waals surface area contributed by atoms with Gasteiger partial charge in [-0.2, -0.15) is 0 Å². The van der Waals surface area contributed by atoms with Gasteiger partial charge in [-0.15, -0.1) is 11.6 Å². The van der Waals surface area contributed by atoms with Crippen molar-refractivity contribution in [3.8, 4) is 11.5 Å². The minimum atomic E-state index is 0.140. The number of alkyl halides is 1. The Bertz CT molecular complexity index is 384. The van der Waals surface area contributed by atoms with Crippen LogP contribution in [0.5, 0.6) is 11.5 Å². The first-order chi connectivity index (χ1) is 8.66. The van der Waals surface area contributed by atoms with Gasteiger partial charge < -0.3 is 9.47 Å². The standard InChI is InChI=1S/C15H21ClO2/c1-4-15(5-2)13(16)10-14(15)18-12-8-6-11(17-3)7-9-12/h6-9,13-14H,4-5,10H2,1-3H3. The third-order valence-corrected chi connectivity index (χ3v) is 4.95. The van der Waals surface area contributed by atoms with E-state index >= 15 is 0 Å². The maximum Gasteiger partial charge on any atom is 0.120 e. The summed E-state index contributed by atoms with van der Waals surface area (Å²) >= 11 is 6.38. The first-order valence-electron chi connectivity index (χ1n) is 6.61. The van der Waals surface area contributed by atoms with E-state index in [1.807, 2.05) is 24.3 Å². The molecule has 2 atom stereocenters. The Labute approximate surface area is 114 Å². The van der Waals surface area contributed by atoms with Crippen LogP contribution in [0.4, 0.5) is 0 Å². The Kier molecular flexibility index (Phi) is 4.06. The molecule has 18 heavy (non-hydrogen) atoms. The first-order valence-corrected chi connectivity index (χ1v) is 7.04. The van der Waals surface area contributed by atoms with Crippen LogP contribution < -0.4 is 9.47 Å². The average molecular weight is 269 g/mol. The highest BCUT2D eigenvalue weighted by molar-refractivity contribution is 6.21. The Morgan fingerprint density at radius 2 is 1.72 bits per heavy atom. The summed E-state index contributed by atoms with van der Waals surface area (Å²) in [5.74, 6) is 1.75. The zero-order chi connectivity index (χ0) is 13.2. The molecule has 2 rings (SSSR count). The van der Waals surface area contributed by atoms with Crippen LogP contribution in [0.3, 0.4) is 0 Å². The minimum absolute atomic E-state index is 0.140. The fourth-order valence-electron chi connectivity index (χ4n) is 2.83. The molecule has 0 N–H and O–H groups in total. The van der Waals surface area contributed by atoms with Gasteiger partial charge in [0, 0.05) is 17.2 Å². The number of halogens is 1. The van der Waals surface area contributed by atoms with Crippen LogP contribution in [0, 0.1) is 5.41 Å². The van der Waals surface area contributed by atoms with E-state index in [0.29, 0.717) is 0 Å². The molecule has 0 spiro atoms. The monoisotopic (exact) mass is 268 g/mol. The van der Waals surface area contributed by atoms with E-state index in [1.54, 1.807) is 7.11 Å². The molecule has 1 aromatic rings. The Hall–Kier alpha value is -0.890. The summed E-state index contributed by atoms with van der Waals surface area (Å²) in [6.45, 7) is 4.39. The van der Waals surface area contributed by atoms with E-state index in [9.17, 15) is 0 Å². The number of rotatable bonds is 5. The molecule has 1 fully saturated rings. The van der Waals surface area contributed by atoms with E-state index in [4.69, 9.17) is 21.1 Å². The molecular formula is C15H21ClO2. The topological polar surface area (TPSA) is 18.5 Å². The number of hydrogen-bond acceptors (Lipinski definition) is 2. The zero-order valence-electron chi connectivity index (χ0n) is 11.3. The predicted octanol–water partition coefficient (Wildman–Crippen LogP) is 4.26. The lowest BCUT2D eigenvalue weighted by atomic mass is 9.62. The Morgan fingerprint density at radius 1 is 1.17 bits per heavy atom. The van der Waals surface area contributed by atoms with Gasteiger partial charge in [-0.05, 0) is 37.1 Å². The highest BCUT2D eigenvalue weighted by Gasteiger charge is 2.53. The molecule has 1 aromatic carbocycles. The minimum Gasteiger partial charge on any atom is -0.497 e. The summed E-state index contributed by atoms with van der Waals surface area (Å²) in [6, 6.07) is 7.75. The first kappa shape index (κ1) is 13.5. The SMILES string of the molecule is CCC1(CC)C(Cl)CC1Oc1ccc(OC)cc1. The van der Waals surface area contributed by atoms with E-state index in [1.165, 1.54) is 0 Å². The summed E-state index contributed by atoms with van der Waals surface area (Å²) < 4.78 is 11.2. The second-order valence-electron chi connectivity index (χ2n) is 4.93. The molecule has 0 radical (unpaired) electrons. The summed E-state index contributed by atoms with van der Waals surface area (Å²) in [5.41, 5.74) is 0.140. The largest absolute Gasteiger partial charge is 0.497 e. The van der Waals surface area contributed by atoms with Crippen molar-refractivity contribution in [2.75, 3.05) is 7.11 Å². The van der Waals surface area contributed by atoms with Gasteiger partial charge in [0.15, 0.2) is 0 Å². The average Bonchev–Trinajstić information content (AvgIpc) is 2.40. The highest BCUT2D eigenvalue weighted by atomic mass is 35.5. The molecule has 3 heteroatoms. The molecule has 1 aliphatic carbocycles. The second kappa shape index (κ2) is 5.40. The molecule has 100 valence electrons. The summed E-state index contributed by atoms with van der Waals surface area (Å²) in [7, 11) is 1.67. The van der Waals surface area contributed by atoms with E-state index in [2.05, 4.69) is 13.8 Å². The fourth-order valence-corrected chi connectivity index (χ4v) is 3.44. The van der Waals surface area contributed by atoms with Gasteiger partial charge in [0.2, 0.25) is 0 Å². The molecule has 2 nitrogen and oxygen atoms in total. The lowest BCUT2D eigenvalue weighted by molar-refractivity contribution is -0.0462. The lowest BCUT2D eigenvalue weighted by Crippen LogP contribution is -2.56. The maximum atomic E-state index is 6.38. The van der Waals surface area contributed by atoms with Crippen LogP contribution in [0.25, 0.3) is 0 Å². The van der Waals surface area contributed by atoms with Crippen LogP contribution in [-0.4, -0.2) is 18.6 Å². The fraction of sp³-hybridized carbons (Fsp3) is 0.600. The summed E-state index contributed by atoms with van der Waals surface area (Å²) in [5, 5.41) is 0.246. The molecule has 0 aromatic heterocycles. The molecular weight excluding hydrogens is 248 g/mol. The summed E-state index contributed by atoms with van der Waals surface area (Å²) in [6.07, 6.45) is 3.31. The Balaban J connectivity index is 2.05. The number of hydrogen-bond donors (Lipinski definition) is 0. The molecule has 0 heterocycles. The molecule has 0 saturated heterocycles. The lowest BCUT2D eigenvalue weighted by Gasteiger charge is -2.52. The molecule has 0 amide bonds. The smallest absolute Gasteiger partial charge is 0.120 e. The molecule has 2 unspecified atom stereocenters. The normalized spacial score (nSPS) is 25.3. The van der Waals surface area contributed by atoms with Crippen LogP contribution in [0.1, 0.15) is 33.1 Å². The number of ether oxygens (including phenoxy) is 2. The Morgan fingerprint density at radius 3 is 2.17 bits per heavy atom. The third-order valence-electron chi connectivity index (χ3n) is 4.34. The van der Waals surface area contributed by atoms with Gasteiger partial charge in [0.05, 0.1) is 7.11 Å². The molecule has 1 aliphatic rings. The van der Waals surface area contributed by atoms with E-state index < -0.39 is 0 Å². The van der Waals surface area contributed by atoms with E-state index in [0.717, 1.165) is 30.8 Å². The van der Waals surface area contributed by atoms with Crippen molar-refractivity contribution >= 4 is 11.6 Å². The van der Waals surface area contributed by atoms with Crippen molar-refractivity contribution in [3.05, 3.63) is 24.3 Å². The van der Waals surface area contributed by atoms with Crippen LogP contribution >= 0.6 is 11.6 Å². The quantitative estimate of drug-likeness (QED) is 0.743. The van der Waals surface area contributed by atoms with Crippen LogP contribution in [0.15, 0.2) is 24.3 Å². The van der Waals surface area contributed by atoms with Crippen molar-refractivity contribution in [2.45, 2.75) is 44.6 Å². The van der Waals surface area contributed by atoms with Gasteiger partial charge in [-0.3, -0.25) is 0 Å². The zero-order valence-corrected chi connectivity index (χ0v) is 12.0.